The topological polar surface area (TPSA) is 35.2 Å². The molecule has 0 fully saturated rings. The summed E-state index contributed by atoms with van der Waals surface area (Å²) in [5.41, 5.74) is 5.99. The first-order valence-corrected chi connectivity index (χ1v) is 5.38. The van der Waals surface area contributed by atoms with Gasteiger partial charge in [-0.25, -0.2) is 0 Å². The number of hydrogen-bond acceptors (Lipinski definition) is 2. The van der Waals surface area contributed by atoms with Crippen molar-refractivity contribution >= 4 is 0 Å². The van der Waals surface area contributed by atoms with E-state index in [1.165, 1.54) is 6.07 Å². The average molecular weight is 247 g/mol. The predicted octanol–water partition coefficient (Wildman–Crippen LogP) is 3.08. The Hall–Kier alpha value is -1.23. The highest BCUT2D eigenvalue weighted by atomic mass is 19.4. The number of halogens is 3. The minimum atomic E-state index is -4.44. The third kappa shape index (κ3) is 3.93. The molecule has 2 nitrogen and oxygen atoms in total. The fourth-order valence-corrected chi connectivity index (χ4v) is 1.36. The van der Waals surface area contributed by atoms with Gasteiger partial charge >= 0.3 is 6.18 Å². The molecule has 0 aliphatic carbocycles. The molecule has 1 aromatic rings. The number of benzene rings is 1. The van der Waals surface area contributed by atoms with Crippen molar-refractivity contribution in [3.63, 3.8) is 0 Å². The molecule has 1 unspecified atom stereocenters. The molecular weight excluding hydrogens is 231 g/mol. The molecule has 96 valence electrons. The van der Waals surface area contributed by atoms with Crippen LogP contribution in [-0.2, 0) is 0 Å². The Morgan fingerprint density at radius 2 is 1.94 bits per heavy atom. The first-order chi connectivity index (χ1) is 7.84. The van der Waals surface area contributed by atoms with Crippen molar-refractivity contribution in [1.82, 2.24) is 0 Å². The average Bonchev–Trinajstić information content (AvgIpc) is 2.24. The van der Waals surface area contributed by atoms with Crippen LogP contribution in [0, 0.1) is 0 Å². The van der Waals surface area contributed by atoms with Crippen LogP contribution in [0.3, 0.4) is 0 Å². The summed E-state index contributed by atoms with van der Waals surface area (Å²) in [5.74, 6) is 0.435. The molecule has 0 heterocycles. The summed E-state index contributed by atoms with van der Waals surface area (Å²) in [6.07, 6.45) is -6.40. The minimum absolute atomic E-state index is 0.198. The molecule has 0 radical (unpaired) electrons. The lowest BCUT2D eigenvalue weighted by atomic mass is 10.0. The molecule has 1 atom stereocenters. The van der Waals surface area contributed by atoms with Gasteiger partial charge in [-0.2, -0.15) is 13.2 Å². The van der Waals surface area contributed by atoms with Crippen molar-refractivity contribution < 1.29 is 17.9 Å². The maximum absolute atomic E-state index is 12.5. The molecule has 0 saturated carbocycles. The van der Waals surface area contributed by atoms with Gasteiger partial charge in [0, 0.05) is 6.54 Å². The van der Waals surface area contributed by atoms with Gasteiger partial charge in [-0.05, 0) is 23.6 Å². The van der Waals surface area contributed by atoms with Crippen molar-refractivity contribution in [3.05, 3.63) is 29.8 Å². The Balaban J connectivity index is 2.83. The van der Waals surface area contributed by atoms with Crippen molar-refractivity contribution in [3.8, 4) is 5.75 Å². The third-order valence-electron chi connectivity index (χ3n) is 2.38. The molecule has 0 amide bonds. The molecule has 0 aromatic heterocycles. The van der Waals surface area contributed by atoms with E-state index in [0.717, 1.165) is 5.56 Å². The highest BCUT2D eigenvalue weighted by molar-refractivity contribution is 5.30. The van der Waals surface area contributed by atoms with Gasteiger partial charge in [0.1, 0.15) is 5.75 Å². The molecule has 1 rings (SSSR count). The summed E-state index contributed by atoms with van der Waals surface area (Å²) in [5, 5.41) is 0. The maximum Gasteiger partial charge on any atom is 0.426 e. The number of hydrogen-bond donors (Lipinski definition) is 1. The number of ether oxygens (including phenoxy) is 1. The summed E-state index contributed by atoms with van der Waals surface area (Å²) in [7, 11) is 0. The van der Waals surface area contributed by atoms with Crippen LogP contribution in [0.25, 0.3) is 0 Å². The molecule has 0 bridgehead atoms. The Bertz CT molecular complexity index is 363. The van der Waals surface area contributed by atoms with Gasteiger partial charge in [0.2, 0.25) is 6.10 Å². The van der Waals surface area contributed by atoms with Crippen LogP contribution in [0.15, 0.2) is 24.3 Å². The fourth-order valence-electron chi connectivity index (χ4n) is 1.36. The van der Waals surface area contributed by atoms with E-state index in [9.17, 15) is 13.2 Å². The van der Waals surface area contributed by atoms with Gasteiger partial charge in [0.25, 0.3) is 0 Å². The normalized spacial score (nSPS) is 13.8. The van der Waals surface area contributed by atoms with Gasteiger partial charge in [0.05, 0.1) is 0 Å². The summed E-state index contributed by atoms with van der Waals surface area (Å²) >= 11 is 0. The molecule has 0 aliphatic heterocycles. The minimum Gasteiger partial charge on any atom is -0.480 e. The van der Waals surface area contributed by atoms with E-state index in [4.69, 9.17) is 10.5 Å². The third-order valence-corrected chi connectivity index (χ3v) is 2.38. The van der Waals surface area contributed by atoms with Crippen molar-refractivity contribution in [1.29, 1.82) is 0 Å². The van der Waals surface area contributed by atoms with Crippen LogP contribution in [-0.4, -0.2) is 18.8 Å². The van der Waals surface area contributed by atoms with Gasteiger partial charge < -0.3 is 10.5 Å². The first-order valence-electron chi connectivity index (χ1n) is 5.38. The second-order valence-corrected chi connectivity index (χ2v) is 4.11. The Morgan fingerprint density at radius 1 is 1.29 bits per heavy atom. The van der Waals surface area contributed by atoms with E-state index in [1.54, 1.807) is 12.1 Å². The maximum atomic E-state index is 12.5. The Labute approximate surface area is 98.6 Å². The zero-order chi connectivity index (χ0) is 13.1. The van der Waals surface area contributed by atoms with Crippen LogP contribution in [0.1, 0.15) is 25.3 Å². The van der Waals surface area contributed by atoms with Crippen LogP contribution in [0.2, 0.25) is 0 Å². The standard InChI is InChI=1S/C12H16F3NO/c1-8(2)9-4-3-5-10(6-9)17-11(7-16)12(13,14)15/h3-6,8,11H,7,16H2,1-2H3. The van der Waals surface area contributed by atoms with E-state index >= 15 is 0 Å². The van der Waals surface area contributed by atoms with Crippen molar-refractivity contribution in [2.24, 2.45) is 5.73 Å². The zero-order valence-electron chi connectivity index (χ0n) is 9.79. The molecule has 2 N–H and O–H groups in total. The van der Waals surface area contributed by atoms with E-state index < -0.39 is 18.8 Å². The van der Waals surface area contributed by atoms with E-state index in [1.807, 2.05) is 19.9 Å². The summed E-state index contributed by atoms with van der Waals surface area (Å²) in [6.45, 7) is 3.34. The lowest BCUT2D eigenvalue weighted by Gasteiger charge is -2.20. The van der Waals surface area contributed by atoms with E-state index in [0.29, 0.717) is 0 Å². The van der Waals surface area contributed by atoms with Gasteiger partial charge in [0.15, 0.2) is 0 Å². The highest BCUT2D eigenvalue weighted by Gasteiger charge is 2.40. The molecule has 1 aromatic carbocycles. The smallest absolute Gasteiger partial charge is 0.426 e. The lowest BCUT2D eigenvalue weighted by Crippen LogP contribution is -2.40. The van der Waals surface area contributed by atoms with Crippen LogP contribution in [0.4, 0.5) is 13.2 Å². The predicted molar refractivity (Wildman–Crippen MR) is 60.1 cm³/mol. The second kappa shape index (κ2) is 5.40. The monoisotopic (exact) mass is 247 g/mol. The molecule has 0 saturated heterocycles. The number of alkyl halides is 3. The molecule has 17 heavy (non-hydrogen) atoms. The molecular formula is C12H16F3NO. The van der Waals surface area contributed by atoms with Gasteiger partial charge in [-0.1, -0.05) is 26.0 Å². The zero-order valence-corrected chi connectivity index (χ0v) is 9.79. The van der Waals surface area contributed by atoms with Crippen LogP contribution >= 0.6 is 0 Å². The summed E-state index contributed by atoms with van der Waals surface area (Å²) in [6, 6.07) is 6.64. The quantitative estimate of drug-likeness (QED) is 0.887. The van der Waals surface area contributed by atoms with Crippen molar-refractivity contribution in [2.75, 3.05) is 6.54 Å². The van der Waals surface area contributed by atoms with E-state index in [-0.39, 0.29) is 11.7 Å². The number of nitrogens with two attached hydrogens (primary N) is 1. The van der Waals surface area contributed by atoms with E-state index in [2.05, 4.69) is 0 Å². The second-order valence-electron chi connectivity index (χ2n) is 4.11. The molecule has 0 aliphatic rings. The SMILES string of the molecule is CC(C)c1cccc(OC(CN)C(F)(F)F)c1. The highest BCUT2D eigenvalue weighted by Crippen LogP contribution is 2.26. The Morgan fingerprint density at radius 3 is 2.41 bits per heavy atom. The lowest BCUT2D eigenvalue weighted by molar-refractivity contribution is -0.191. The van der Waals surface area contributed by atoms with Crippen molar-refractivity contribution in [2.45, 2.75) is 32.0 Å². The Kier molecular flexibility index (Phi) is 4.40. The van der Waals surface area contributed by atoms with Gasteiger partial charge in [-0.3, -0.25) is 0 Å². The fraction of sp³-hybridized carbons (Fsp3) is 0.500. The van der Waals surface area contributed by atoms with Crippen LogP contribution < -0.4 is 10.5 Å². The van der Waals surface area contributed by atoms with Crippen LogP contribution in [0.5, 0.6) is 5.75 Å². The summed E-state index contributed by atoms with van der Waals surface area (Å²) < 4.78 is 42.2. The number of rotatable bonds is 4. The largest absolute Gasteiger partial charge is 0.480 e. The molecule has 5 heteroatoms. The first kappa shape index (κ1) is 13.8. The van der Waals surface area contributed by atoms with Gasteiger partial charge in [-0.15, -0.1) is 0 Å². The molecule has 0 spiro atoms. The summed E-state index contributed by atoms with van der Waals surface area (Å²) in [4.78, 5) is 0.